The molecule has 0 aromatic heterocycles. The Hall–Kier alpha value is -1.84. The normalized spacial score (nSPS) is 14.7. The number of carbonyl (C=O) groups is 1. The molecular formula is C19H23ClN2O. The lowest BCUT2D eigenvalue weighted by molar-refractivity contribution is -0.116. The highest BCUT2D eigenvalue weighted by molar-refractivity contribution is 5.95. The fraction of sp³-hybridized carbons (Fsp3) is 0.316. The van der Waals surface area contributed by atoms with Crippen molar-refractivity contribution < 1.29 is 4.79 Å². The van der Waals surface area contributed by atoms with Gasteiger partial charge in [0, 0.05) is 12.1 Å². The Morgan fingerprint density at radius 1 is 1.00 bits per heavy atom. The third-order valence-corrected chi connectivity index (χ3v) is 4.37. The van der Waals surface area contributed by atoms with Crippen LogP contribution in [-0.2, 0) is 11.2 Å². The Morgan fingerprint density at radius 2 is 1.65 bits per heavy atom. The summed E-state index contributed by atoms with van der Waals surface area (Å²) in [6, 6.07) is 14.3. The van der Waals surface area contributed by atoms with Gasteiger partial charge in [-0.2, -0.15) is 0 Å². The van der Waals surface area contributed by atoms with Gasteiger partial charge in [-0.1, -0.05) is 56.3 Å². The first kappa shape index (κ1) is 17.5. The molecule has 3 nitrogen and oxygen atoms in total. The Morgan fingerprint density at radius 3 is 2.30 bits per heavy atom. The van der Waals surface area contributed by atoms with E-state index in [1.165, 1.54) is 11.1 Å². The van der Waals surface area contributed by atoms with Gasteiger partial charge < -0.3 is 11.1 Å². The monoisotopic (exact) mass is 330 g/mol. The summed E-state index contributed by atoms with van der Waals surface area (Å²) in [5.41, 5.74) is 11.9. The van der Waals surface area contributed by atoms with Crippen LogP contribution in [0, 0.1) is 0 Å². The number of nitrogens with one attached hydrogen (secondary N) is 1. The summed E-state index contributed by atoms with van der Waals surface area (Å²) in [5, 5.41) is 2.99. The minimum atomic E-state index is -0.227. The van der Waals surface area contributed by atoms with Crippen molar-refractivity contribution in [2.24, 2.45) is 5.73 Å². The zero-order valence-corrected chi connectivity index (χ0v) is 14.3. The highest BCUT2D eigenvalue weighted by Crippen LogP contribution is 2.33. The number of hydrogen-bond donors (Lipinski definition) is 2. The topological polar surface area (TPSA) is 55.1 Å². The molecule has 0 bridgehead atoms. The van der Waals surface area contributed by atoms with E-state index in [4.69, 9.17) is 5.73 Å². The van der Waals surface area contributed by atoms with Crippen LogP contribution in [0.4, 0.5) is 5.69 Å². The average molecular weight is 331 g/mol. The molecule has 0 aliphatic carbocycles. The lowest BCUT2D eigenvalue weighted by atomic mass is 9.91. The molecule has 3 N–H and O–H groups in total. The Labute approximate surface area is 143 Å². The van der Waals surface area contributed by atoms with Gasteiger partial charge in [0.25, 0.3) is 0 Å². The van der Waals surface area contributed by atoms with Crippen LogP contribution >= 0.6 is 12.4 Å². The second-order valence-electron chi connectivity index (χ2n) is 6.23. The second kappa shape index (κ2) is 7.16. The third-order valence-electron chi connectivity index (χ3n) is 4.37. The van der Waals surface area contributed by atoms with E-state index in [0.717, 1.165) is 23.2 Å². The summed E-state index contributed by atoms with van der Waals surface area (Å²) < 4.78 is 0. The second-order valence-corrected chi connectivity index (χ2v) is 6.23. The molecule has 1 amide bonds. The van der Waals surface area contributed by atoms with Crippen molar-refractivity contribution in [3.05, 3.63) is 64.7 Å². The van der Waals surface area contributed by atoms with Gasteiger partial charge in [0.05, 0.1) is 6.04 Å². The zero-order valence-electron chi connectivity index (χ0n) is 13.5. The summed E-state index contributed by atoms with van der Waals surface area (Å²) >= 11 is 0. The van der Waals surface area contributed by atoms with Crippen molar-refractivity contribution in [2.45, 2.75) is 38.6 Å². The number of rotatable bonds is 3. The molecule has 2 aromatic rings. The van der Waals surface area contributed by atoms with E-state index in [2.05, 4.69) is 49.5 Å². The first-order valence-corrected chi connectivity index (χ1v) is 7.83. The number of para-hydroxylation sites is 1. The number of amides is 1. The van der Waals surface area contributed by atoms with Crippen LogP contribution in [0.15, 0.2) is 42.5 Å². The quantitative estimate of drug-likeness (QED) is 0.887. The minimum absolute atomic E-state index is 0. The largest absolute Gasteiger partial charge is 0.326 e. The lowest BCUT2D eigenvalue weighted by Gasteiger charge is -2.23. The average Bonchev–Trinajstić information content (AvgIpc) is 2.53. The first-order valence-electron chi connectivity index (χ1n) is 7.83. The molecule has 1 unspecified atom stereocenters. The molecule has 0 fully saturated rings. The number of fused-ring (bicyclic) bond motifs is 1. The summed E-state index contributed by atoms with van der Waals surface area (Å²) in [6.45, 7) is 4.36. The Balaban J connectivity index is 0.00000192. The SMILES string of the molecule is CC(C)c1ccc(C(N)c2cccc3c2NC(=O)CC3)cc1.Cl. The van der Waals surface area contributed by atoms with Crippen molar-refractivity contribution in [1.29, 1.82) is 0 Å². The number of carbonyl (C=O) groups excluding carboxylic acids is 1. The van der Waals surface area contributed by atoms with Crippen LogP contribution in [0.5, 0.6) is 0 Å². The number of aryl methyl sites for hydroxylation is 1. The maximum absolute atomic E-state index is 11.7. The molecule has 0 radical (unpaired) electrons. The molecule has 1 aliphatic rings. The van der Waals surface area contributed by atoms with Gasteiger partial charge in [-0.05, 0) is 34.6 Å². The van der Waals surface area contributed by atoms with Crippen LogP contribution in [0.3, 0.4) is 0 Å². The molecule has 0 spiro atoms. The first-order chi connectivity index (χ1) is 10.6. The van der Waals surface area contributed by atoms with Crippen molar-refractivity contribution in [2.75, 3.05) is 5.32 Å². The molecule has 1 heterocycles. The molecule has 0 saturated carbocycles. The van der Waals surface area contributed by atoms with Gasteiger partial charge in [-0.3, -0.25) is 4.79 Å². The predicted octanol–water partition coefficient (Wildman–Crippen LogP) is 4.16. The molecule has 4 heteroatoms. The summed E-state index contributed by atoms with van der Waals surface area (Å²) in [7, 11) is 0. The maximum atomic E-state index is 11.7. The molecule has 1 aliphatic heterocycles. The van der Waals surface area contributed by atoms with Gasteiger partial charge in [-0.25, -0.2) is 0 Å². The van der Waals surface area contributed by atoms with Crippen molar-refractivity contribution in [3.63, 3.8) is 0 Å². The van der Waals surface area contributed by atoms with Crippen LogP contribution in [-0.4, -0.2) is 5.91 Å². The standard InChI is InChI=1S/C19H22N2O.ClH/c1-12(2)13-6-8-14(9-7-13)18(20)16-5-3-4-15-10-11-17(22)21-19(15)16;/h3-9,12,18H,10-11,20H2,1-2H3,(H,21,22);1H. The van der Waals surface area contributed by atoms with Crippen LogP contribution in [0.1, 0.15) is 54.5 Å². The zero-order chi connectivity index (χ0) is 15.7. The van der Waals surface area contributed by atoms with E-state index in [1.54, 1.807) is 0 Å². The summed E-state index contributed by atoms with van der Waals surface area (Å²) in [5.74, 6) is 0.580. The van der Waals surface area contributed by atoms with E-state index in [1.807, 2.05) is 12.1 Å². The molecule has 122 valence electrons. The van der Waals surface area contributed by atoms with Gasteiger partial charge >= 0.3 is 0 Å². The fourth-order valence-electron chi connectivity index (χ4n) is 2.96. The number of hydrogen-bond acceptors (Lipinski definition) is 2. The van der Waals surface area contributed by atoms with Crippen molar-refractivity contribution in [1.82, 2.24) is 0 Å². The fourth-order valence-corrected chi connectivity index (χ4v) is 2.96. The number of nitrogens with two attached hydrogens (primary N) is 1. The van der Waals surface area contributed by atoms with Crippen LogP contribution < -0.4 is 11.1 Å². The summed E-state index contributed by atoms with van der Waals surface area (Å²) in [6.07, 6.45) is 1.34. The van der Waals surface area contributed by atoms with Gasteiger partial charge in [-0.15, -0.1) is 12.4 Å². The van der Waals surface area contributed by atoms with E-state index < -0.39 is 0 Å². The lowest BCUT2D eigenvalue weighted by Crippen LogP contribution is -2.23. The highest BCUT2D eigenvalue weighted by Gasteiger charge is 2.21. The Kier molecular flexibility index (Phi) is 5.45. The van der Waals surface area contributed by atoms with Crippen molar-refractivity contribution >= 4 is 24.0 Å². The van der Waals surface area contributed by atoms with Gasteiger partial charge in [0.15, 0.2) is 0 Å². The van der Waals surface area contributed by atoms with E-state index >= 15 is 0 Å². The van der Waals surface area contributed by atoms with Gasteiger partial charge in [0.1, 0.15) is 0 Å². The number of halogens is 1. The molecule has 3 rings (SSSR count). The highest BCUT2D eigenvalue weighted by atomic mass is 35.5. The van der Waals surface area contributed by atoms with Crippen LogP contribution in [0.25, 0.3) is 0 Å². The smallest absolute Gasteiger partial charge is 0.224 e. The molecule has 2 aromatic carbocycles. The van der Waals surface area contributed by atoms with E-state index in [9.17, 15) is 4.79 Å². The number of benzene rings is 2. The number of anilines is 1. The van der Waals surface area contributed by atoms with Crippen molar-refractivity contribution in [3.8, 4) is 0 Å². The molecule has 23 heavy (non-hydrogen) atoms. The predicted molar refractivity (Wildman–Crippen MR) is 97.2 cm³/mol. The van der Waals surface area contributed by atoms with E-state index in [0.29, 0.717) is 12.3 Å². The molecule has 1 atom stereocenters. The van der Waals surface area contributed by atoms with E-state index in [-0.39, 0.29) is 24.4 Å². The third kappa shape index (κ3) is 3.57. The van der Waals surface area contributed by atoms with Crippen LogP contribution in [0.2, 0.25) is 0 Å². The minimum Gasteiger partial charge on any atom is -0.326 e. The molecule has 0 saturated heterocycles. The molecular weight excluding hydrogens is 308 g/mol. The Bertz CT molecular complexity index is 695. The maximum Gasteiger partial charge on any atom is 0.224 e. The summed E-state index contributed by atoms with van der Waals surface area (Å²) in [4.78, 5) is 11.7. The van der Waals surface area contributed by atoms with Gasteiger partial charge in [0.2, 0.25) is 5.91 Å².